The highest BCUT2D eigenvalue weighted by Crippen LogP contribution is 2.66. The third kappa shape index (κ3) is 2.21. The molecule has 0 aromatic rings. The molecule has 146 valence electrons. The molecule has 6 atom stereocenters. The summed E-state index contributed by atoms with van der Waals surface area (Å²) in [5.41, 5.74) is -1.02. The van der Waals surface area contributed by atoms with Gasteiger partial charge in [-0.05, 0) is 49.7 Å². The number of aliphatic hydroxyl groups excluding tert-OH is 1. The monoisotopic (exact) mass is 372 g/mol. The van der Waals surface area contributed by atoms with Crippen molar-refractivity contribution in [2.45, 2.75) is 51.6 Å². The number of ketones is 3. The van der Waals surface area contributed by atoms with Crippen LogP contribution in [-0.2, 0) is 19.1 Å². The van der Waals surface area contributed by atoms with E-state index in [-0.39, 0.29) is 41.5 Å². The summed E-state index contributed by atoms with van der Waals surface area (Å²) in [5.74, 6) is 0.0467. The van der Waals surface area contributed by atoms with E-state index in [0.717, 1.165) is 24.8 Å². The predicted molar refractivity (Wildman–Crippen MR) is 98.8 cm³/mol. The number of allylic oxidation sites excluding steroid dienone is 4. The van der Waals surface area contributed by atoms with Gasteiger partial charge in [-0.3, -0.25) is 14.4 Å². The Morgan fingerprint density at radius 1 is 1.30 bits per heavy atom. The standard InChI is InChI=1S/C22H28O5/c1-20-8-6-14(24)10-13(20)4-5-15-16-7-9-22(27-3,18(26)12-23)21(16,2)11-17(25)19(15)20/h6,8,10,15-16,19,23H,4-5,7,9,11-12H2,1-3H3/t15-,16-,19?,20-,21-,22-/m0/s1. The molecule has 4 aliphatic carbocycles. The Morgan fingerprint density at radius 2 is 2.04 bits per heavy atom. The minimum absolute atomic E-state index is 0.00169. The number of carbonyl (C=O) groups is 3. The average Bonchev–Trinajstić information content (AvgIpc) is 2.94. The van der Waals surface area contributed by atoms with Gasteiger partial charge in [0, 0.05) is 30.3 Å². The lowest BCUT2D eigenvalue weighted by molar-refractivity contribution is -0.174. The third-order valence-corrected chi connectivity index (χ3v) is 8.32. The molecule has 0 aromatic heterocycles. The largest absolute Gasteiger partial charge is 0.388 e. The molecular formula is C22H28O5. The Bertz CT molecular complexity index is 780. The van der Waals surface area contributed by atoms with E-state index in [4.69, 9.17) is 4.74 Å². The predicted octanol–water partition coefficient (Wildman–Crippen LogP) is 2.42. The quantitative estimate of drug-likeness (QED) is 0.823. The topological polar surface area (TPSA) is 80.7 Å². The summed E-state index contributed by atoms with van der Waals surface area (Å²) in [6.45, 7) is 3.52. The van der Waals surface area contributed by atoms with E-state index < -0.39 is 23.0 Å². The fourth-order valence-corrected chi connectivity index (χ4v) is 7.05. The molecule has 0 saturated heterocycles. The molecule has 27 heavy (non-hydrogen) atoms. The van der Waals surface area contributed by atoms with Crippen molar-refractivity contribution in [1.29, 1.82) is 0 Å². The van der Waals surface area contributed by atoms with Crippen molar-refractivity contribution in [1.82, 2.24) is 0 Å². The number of hydrogen-bond donors (Lipinski definition) is 1. The van der Waals surface area contributed by atoms with Crippen LogP contribution in [0.4, 0.5) is 0 Å². The zero-order chi connectivity index (χ0) is 19.6. The number of hydrogen-bond acceptors (Lipinski definition) is 5. The van der Waals surface area contributed by atoms with Gasteiger partial charge in [0.25, 0.3) is 0 Å². The van der Waals surface area contributed by atoms with Gasteiger partial charge < -0.3 is 9.84 Å². The maximum Gasteiger partial charge on any atom is 0.190 e. The minimum Gasteiger partial charge on any atom is -0.388 e. The molecule has 4 rings (SSSR count). The number of carbonyl (C=O) groups excluding carboxylic acids is 3. The lowest BCUT2D eigenvalue weighted by Crippen LogP contribution is -2.61. The molecule has 0 heterocycles. The molecule has 4 aliphatic rings. The second kappa shape index (κ2) is 5.95. The van der Waals surface area contributed by atoms with Crippen LogP contribution in [0.2, 0.25) is 0 Å². The summed E-state index contributed by atoms with van der Waals surface area (Å²) in [4.78, 5) is 38.0. The van der Waals surface area contributed by atoms with Gasteiger partial charge in [-0.25, -0.2) is 0 Å². The van der Waals surface area contributed by atoms with E-state index in [9.17, 15) is 19.5 Å². The summed E-state index contributed by atoms with van der Waals surface area (Å²) < 4.78 is 5.77. The zero-order valence-corrected chi connectivity index (χ0v) is 16.3. The number of fused-ring (bicyclic) bond motifs is 5. The van der Waals surface area contributed by atoms with Gasteiger partial charge in [0.1, 0.15) is 18.0 Å². The van der Waals surface area contributed by atoms with Crippen LogP contribution >= 0.6 is 0 Å². The molecule has 0 radical (unpaired) electrons. The van der Waals surface area contributed by atoms with Crippen molar-refractivity contribution in [3.05, 3.63) is 23.8 Å². The second-order valence-corrected chi connectivity index (χ2v) is 9.19. The molecule has 0 aliphatic heterocycles. The van der Waals surface area contributed by atoms with Crippen molar-refractivity contribution >= 4 is 17.3 Å². The summed E-state index contributed by atoms with van der Waals surface area (Å²) in [6, 6.07) is 0. The molecule has 0 aromatic carbocycles. The Labute approximate surface area is 159 Å². The molecule has 1 unspecified atom stereocenters. The van der Waals surface area contributed by atoms with Crippen LogP contribution in [0, 0.1) is 28.6 Å². The van der Waals surface area contributed by atoms with Gasteiger partial charge in [-0.2, -0.15) is 0 Å². The number of methoxy groups -OCH3 is 1. The SMILES string of the molecule is CO[C@]1(C(=O)CO)CC[C@H]2[C@@H]3CCC4=CC(=O)C=C[C@]4(C)C3C(=O)C[C@@]21C. The van der Waals surface area contributed by atoms with Gasteiger partial charge in [-0.1, -0.05) is 25.5 Å². The zero-order valence-electron chi connectivity index (χ0n) is 16.3. The second-order valence-electron chi connectivity index (χ2n) is 9.19. The maximum absolute atomic E-state index is 13.5. The van der Waals surface area contributed by atoms with E-state index >= 15 is 0 Å². The highest BCUT2D eigenvalue weighted by Gasteiger charge is 2.68. The number of rotatable bonds is 3. The summed E-state index contributed by atoms with van der Waals surface area (Å²) in [7, 11) is 1.52. The van der Waals surface area contributed by atoms with Gasteiger partial charge >= 0.3 is 0 Å². The Morgan fingerprint density at radius 3 is 2.70 bits per heavy atom. The van der Waals surface area contributed by atoms with Crippen LogP contribution in [0.5, 0.6) is 0 Å². The Balaban J connectivity index is 1.77. The fraction of sp³-hybridized carbons (Fsp3) is 0.682. The smallest absolute Gasteiger partial charge is 0.190 e. The van der Waals surface area contributed by atoms with Crippen LogP contribution in [0.25, 0.3) is 0 Å². The number of aliphatic hydroxyl groups is 1. The lowest BCUT2D eigenvalue weighted by Gasteiger charge is -2.57. The van der Waals surface area contributed by atoms with Crippen LogP contribution in [-0.4, -0.2) is 41.8 Å². The number of Topliss-reactive ketones (excluding diaryl/α,β-unsaturated/α-hetero) is 2. The van der Waals surface area contributed by atoms with Gasteiger partial charge in [0.05, 0.1) is 0 Å². The average molecular weight is 372 g/mol. The summed E-state index contributed by atoms with van der Waals surface area (Å²) in [5, 5.41) is 9.55. The molecule has 5 nitrogen and oxygen atoms in total. The van der Waals surface area contributed by atoms with Crippen molar-refractivity contribution in [2.75, 3.05) is 13.7 Å². The van der Waals surface area contributed by atoms with Gasteiger partial charge in [0.2, 0.25) is 0 Å². The van der Waals surface area contributed by atoms with E-state index in [0.29, 0.717) is 6.42 Å². The molecule has 3 saturated carbocycles. The van der Waals surface area contributed by atoms with Crippen LogP contribution < -0.4 is 0 Å². The van der Waals surface area contributed by atoms with Gasteiger partial charge in [-0.15, -0.1) is 0 Å². The fourth-order valence-electron chi connectivity index (χ4n) is 7.05. The van der Waals surface area contributed by atoms with Crippen molar-refractivity contribution in [3.63, 3.8) is 0 Å². The van der Waals surface area contributed by atoms with Gasteiger partial charge in [0.15, 0.2) is 11.6 Å². The third-order valence-electron chi connectivity index (χ3n) is 8.32. The molecule has 0 bridgehead atoms. The highest BCUT2D eigenvalue weighted by molar-refractivity contribution is 6.02. The minimum atomic E-state index is -1.08. The Hall–Kier alpha value is -1.59. The van der Waals surface area contributed by atoms with Crippen molar-refractivity contribution in [2.24, 2.45) is 28.6 Å². The molecule has 1 N–H and O–H groups in total. The first-order chi connectivity index (χ1) is 12.7. The van der Waals surface area contributed by atoms with Crippen LogP contribution in [0.3, 0.4) is 0 Å². The highest BCUT2D eigenvalue weighted by atomic mass is 16.5. The van der Waals surface area contributed by atoms with Crippen molar-refractivity contribution in [3.8, 4) is 0 Å². The first-order valence-electron chi connectivity index (χ1n) is 9.90. The van der Waals surface area contributed by atoms with E-state index in [1.54, 1.807) is 12.2 Å². The molecule has 0 amide bonds. The van der Waals surface area contributed by atoms with Crippen LogP contribution in [0.15, 0.2) is 23.8 Å². The number of ether oxygens (including phenoxy) is 1. The summed E-state index contributed by atoms with van der Waals surface area (Å²) >= 11 is 0. The molecule has 0 spiro atoms. The normalized spacial score (nSPS) is 45.8. The van der Waals surface area contributed by atoms with E-state index in [1.807, 2.05) is 13.0 Å². The maximum atomic E-state index is 13.5. The lowest BCUT2D eigenvalue weighted by atomic mass is 9.46. The summed E-state index contributed by atoms with van der Waals surface area (Å²) in [6.07, 6.45) is 8.55. The molecular weight excluding hydrogens is 344 g/mol. The molecule has 3 fully saturated rings. The van der Waals surface area contributed by atoms with Crippen LogP contribution in [0.1, 0.15) is 46.0 Å². The van der Waals surface area contributed by atoms with Crippen molar-refractivity contribution < 1.29 is 24.2 Å². The molecule has 5 heteroatoms. The first-order valence-corrected chi connectivity index (χ1v) is 9.90. The Kier molecular flexibility index (Phi) is 4.13. The van der Waals surface area contributed by atoms with E-state index in [2.05, 4.69) is 6.92 Å². The first kappa shape index (κ1) is 18.8. The van der Waals surface area contributed by atoms with E-state index in [1.165, 1.54) is 7.11 Å².